The molecule has 1 saturated carbocycles. The van der Waals surface area contributed by atoms with Crippen LogP contribution in [-0.4, -0.2) is 45.6 Å². The maximum Gasteiger partial charge on any atom is 0.117 e. The fraction of sp³-hybridized carbons (Fsp3) is 0.529. The summed E-state index contributed by atoms with van der Waals surface area (Å²) in [5, 5.41) is 12.7. The van der Waals surface area contributed by atoms with Gasteiger partial charge >= 0.3 is 0 Å². The van der Waals surface area contributed by atoms with Crippen molar-refractivity contribution < 1.29 is 0 Å². The van der Waals surface area contributed by atoms with Crippen molar-refractivity contribution in [1.82, 2.24) is 25.2 Å². The van der Waals surface area contributed by atoms with Gasteiger partial charge in [0, 0.05) is 37.8 Å². The predicted molar refractivity (Wildman–Crippen MR) is 91.5 cm³/mol. The van der Waals surface area contributed by atoms with Crippen molar-refractivity contribution in [2.24, 2.45) is 5.92 Å². The van der Waals surface area contributed by atoms with Gasteiger partial charge in [-0.1, -0.05) is 35.5 Å². The number of fused-ring (bicyclic) bond motifs is 3. The van der Waals surface area contributed by atoms with Crippen LogP contribution >= 0.6 is 12.4 Å². The maximum atomic E-state index is 4.51. The summed E-state index contributed by atoms with van der Waals surface area (Å²) in [4.78, 5) is 2.61. The van der Waals surface area contributed by atoms with E-state index in [1.807, 2.05) is 6.07 Å². The van der Waals surface area contributed by atoms with Gasteiger partial charge in [0.1, 0.15) is 5.69 Å². The third-order valence-corrected chi connectivity index (χ3v) is 5.26. The lowest BCUT2D eigenvalue weighted by atomic mass is 10.1. The summed E-state index contributed by atoms with van der Waals surface area (Å²) in [7, 11) is 0. The molecule has 5 nitrogen and oxygen atoms in total. The van der Waals surface area contributed by atoms with Crippen molar-refractivity contribution in [3.8, 4) is 11.3 Å². The smallest absolute Gasteiger partial charge is 0.117 e. The topological polar surface area (TPSA) is 46.0 Å². The molecule has 122 valence electrons. The summed E-state index contributed by atoms with van der Waals surface area (Å²) >= 11 is 0. The van der Waals surface area contributed by atoms with Crippen LogP contribution in [0.3, 0.4) is 0 Å². The largest absolute Gasteiger partial charge is 0.305 e. The second kappa shape index (κ2) is 5.89. The molecular formula is C17H22ClN5. The monoisotopic (exact) mass is 331 g/mol. The van der Waals surface area contributed by atoms with E-state index in [-0.39, 0.29) is 12.4 Å². The second-order valence-electron chi connectivity index (χ2n) is 6.91. The molecule has 3 aliphatic rings. The molecule has 1 saturated heterocycles. The molecule has 2 aliphatic heterocycles. The van der Waals surface area contributed by atoms with Gasteiger partial charge in [0.25, 0.3) is 0 Å². The number of aromatic nitrogens is 3. The summed E-state index contributed by atoms with van der Waals surface area (Å²) in [5.74, 6) is 0.954. The highest BCUT2D eigenvalue weighted by atomic mass is 35.5. The molecule has 1 aliphatic carbocycles. The van der Waals surface area contributed by atoms with Crippen LogP contribution in [-0.2, 0) is 6.54 Å². The Morgan fingerprint density at radius 1 is 1.13 bits per heavy atom. The van der Waals surface area contributed by atoms with E-state index >= 15 is 0 Å². The van der Waals surface area contributed by atoms with Crippen LogP contribution in [0.25, 0.3) is 11.3 Å². The predicted octanol–water partition coefficient (Wildman–Crippen LogP) is 2.11. The fourth-order valence-electron chi connectivity index (χ4n) is 3.92. The zero-order chi connectivity index (χ0) is 14.5. The number of hydrogen-bond donors (Lipinski definition) is 1. The first-order chi connectivity index (χ1) is 10.9. The van der Waals surface area contributed by atoms with Crippen LogP contribution in [0, 0.1) is 5.92 Å². The van der Waals surface area contributed by atoms with E-state index in [0.29, 0.717) is 12.1 Å². The summed E-state index contributed by atoms with van der Waals surface area (Å²) in [6, 6.07) is 11.4. The number of benzene rings is 1. The van der Waals surface area contributed by atoms with Crippen molar-refractivity contribution >= 4 is 12.4 Å². The molecule has 0 unspecified atom stereocenters. The van der Waals surface area contributed by atoms with Crippen molar-refractivity contribution in [2.75, 3.05) is 19.6 Å². The summed E-state index contributed by atoms with van der Waals surface area (Å²) in [6.07, 6.45) is 2.85. The number of rotatable bonds is 3. The number of hydrogen-bond acceptors (Lipinski definition) is 4. The number of halogens is 1. The molecule has 1 aromatic heterocycles. The Hall–Kier alpha value is -1.43. The average molecular weight is 332 g/mol. The Kier molecular flexibility index (Phi) is 3.87. The van der Waals surface area contributed by atoms with E-state index in [0.717, 1.165) is 36.8 Å². The Morgan fingerprint density at radius 2 is 1.96 bits per heavy atom. The molecule has 0 bridgehead atoms. The zero-order valence-electron chi connectivity index (χ0n) is 13.1. The lowest BCUT2D eigenvalue weighted by Crippen LogP contribution is -2.42. The minimum absolute atomic E-state index is 0. The quantitative estimate of drug-likeness (QED) is 0.935. The van der Waals surface area contributed by atoms with Gasteiger partial charge in [-0.05, 0) is 18.8 Å². The Labute approximate surface area is 142 Å². The fourth-order valence-corrected chi connectivity index (χ4v) is 3.92. The number of nitrogens with one attached hydrogen (secondary N) is 1. The first-order valence-electron chi connectivity index (χ1n) is 8.34. The molecule has 2 aromatic rings. The van der Waals surface area contributed by atoms with Gasteiger partial charge < -0.3 is 5.32 Å². The molecule has 1 N–H and O–H groups in total. The molecular weight excluding hydrogens is 310 g/mol. The van der Waals surface area contributed by atoms with Crippen molar-refractivity contribution in [1.29, 1.82) is 0 Å². The van der Waals surface area contributed by atoms with E-state index < -0.39 is 0 Å². The van der Waals surface area contributed by atoms with Crippen molar-refractivity contribution in [3.05, 3.63) is 36.0 Å². The molecule has 0 amide bonds. The molecule has 1 aromatic carbocycles. The Morgan fingerprint density at radius 3 is 2.74 bits per heavy atom. The number of nitrogens with zero attached hydrogens (tertiary/aromatic N) is 4. The average Bonchev–Trinajstić information content (AvgIpc) is 3.10. The highest BCUT2D eigenvalue weighted by Crippen LogP contribution is 2.35. The normalized spacial score (nSPS) is 26.4. The van der Waals surface area contributed by atoms with E-state index in [1.165, 1.54) is 25.1 Å². The second-order valence-corrected chi connectivity index (χ2v) is 6.91. The maximum absolute atomic E-state index is 4.51. The third kappa shape index (κ3) is 2.67. The van der Waals surface area contributed by atoms with Gasteiger partial charge in [0.05, 0.1) is 11.7 Å². The van der Waals surface area contributed by atoms with Crippen LogP contribution in [0.15, 0.2) is 30.3 Å². The van der Waals surface area contributed by atoms with Crippen LogP contribution < -0.4 is 5.32 Å². The zero-order valence-corrected chi connectivity index (χ0v) is 13.9. The third-order valence-electron chi connectivity index (χ3n) is 5.26. The minimum atomic E-state index is 0. The summed E-state index contributed by atoms with van der Waals surface area (Å²) in [6.45, 7) is 4.40. The highest BCUT2D eigenvalue weighted by Gasteiger charge is 2.40. The molecule has 0 spiro atoms. The first kappa shape index (κ1) is 15.1. The SMILES string of the molecule is Cl.c1ccc(-c2nnn3c2CN[C@@H]2CN(CC4CC4)C[C@H]23)cc1. The Balaban J connectivity index is 0.00000135. The molecule has 5 rings (SSSR count). The molecule has 23 heavy (non-hydrogen) atoms. The van der Waals surface area contributed by atoms with E-state index in [1.54, 1.807) is 0 Å². The van der Waals surface area contributed by atoms with Crippen LogP contribution in [0.1, 0.15) is 24.6 Å². The standard InChI is InChI=1S/C17H21N5.ClH/c1-2-4-13(5-3-1)17-15-8-18-14-10-21(9-12-6-7-12)11-16(14)22(15)20-19-17;/h1-5,12,14,16,18H,6-11H2;1H/t14-,16-;/m1./s1. The van der Waals surface area contributed by atoms with Crippen LogP contribution in [0.5, 0.6) is 0 Å². The number of likely N-dealkylation sites (tertiary alicyclic amines) is 1. The van der Waals surface area contributed by atoms with Gasteiger partial charge in [-0.2, -0.15) is 0 Å². The molecule has 6 heteroatoms. The van der Waals surface area contributed by atoms with Gasteiger partial charge in [-0.3, -0.25) is 4.90 Å². The molecule has 0 radical (unpaired) electrons. The minimum Gasteiger partial charge on any atom is -0.305 e. The van der Waals surface area contributed by atoms with Crippen molar-refractivity contribution in [3.63, 3.8) is 0 Å². The highest BCUT2D eigenvalue weighted by molar-refractivity contribution is 5.85. The molecule has 3 heterocycles. The van der Waals surface area contributed by atoms with Gasteiger partial charge in [-0.25, -0.2) is 4.68 Å². The van der Waals surface area contributed by atoms with E-state index in [2.05, 4.69) is 49.5 Å². The summed E-state index contributed by atoms with van der Waals surface area (Å²) in [5.41, 5.74) is 3.43. The lowest BCUT2D eigenvalue weighted by molar-refractivity contribution is 0.303. The van der Waals surface area contributed by atoms with E-state index in [4.69, 9.17) is 0 Å². The molecule has 2 atom stereocenters. The Bertz CT molecular complexity index is 682. The first-order valence-corrected chi connectivity index (χ1v) is 8.34. The van der Waals surface area contributed by atoms with Gasteiger partial charge in [-0.15, -0.1) is 17.5 Å². The van der Waals surface area contributed by atoms with Gasteiger partial charge in [0.15, 0.2) is 0 Å². The summed E-state index contributed by atoms with van der Waals surface area (Å²) < 4.78 is 2.19. The molecule has 2 fully saturated rings. The lowest BCUT2D eigenvalue weighted by Gasteiger charge is -2.27. The van der Waals surface area contributed by atoms with Crippen LogP contribution in [0.2, 0.25) is 0 Å². The van der Waals surface area contributed by atoms with E-state index in [9.17, 15) is 0 Å². The van der Waals surface area contributed by atoms with Crippen molar-refractivity contribution in [2.45, 2.75) is 31.5 Å². The van der Waals surface area contributed by atoms with Gasteiger partial charge in [0.2, 0.25) is 0 Å². The van der Waals surface area contributed by atoms with Crippen LogP contribution in [0.4, 0.5) is 0 Å².